The van der Waals surface area contributed by atoms with Crippen LogP contribution < -0.4 is 14.8 Å². The highest BCUT2D eigenvalue weighted by molar-refractivity contribution is 5.93. The Morgan fingerprint density at radius 3 is 2.07 bits per heavy atom. The molecule has 0 saturated heterocycles. The van der Waals surface area contributed by atoms with Crippen molar-refractivity contribution in [2.45, 2.75) is 19.8 Å². The van der Waals surface area contributed by atoms with Gasteiger partial charge in [-0.25, -0.2) is 9.97 Å². The second-order valence-corrected chi connectivity index (χ2v) is 7.12. The molecule has 30 heavy (non-hydrogen) atoms. The van der Waals surface area contributed by atoms with Crippen molar-refractivity contribution in [1.82, 2.24) is 9.97 Å². The zero-order chi connectivity index (χ0) is 21.3. The first-order valence-electron chi connectivity index (χ1n) is 10.0. The van der Waals surface area contributed by atoms with E-state index in [9.17, 15) is 0 Å². The molecule has 0 amide bonds. The van der Waals surface area contributed by atoms with Crippen molar-refractivity contribution in [1.29, 1.82) is 0 Å². The third-order valence-electron chi connectivity index (χ3n) is 4.63. The van der Waals surface area contributed by atoms with Gasteiger partial charge >= 0.3 is 0 Å². The van der Waals surface area contributed by atoms with E-state index >= 15 is 0 Å². The van der Waals surface area contributed by atoms with Gasteiger partial charge < -0.3 is 24.3 Å². The highest BCUT2D eigenvalue weighted by Gasteiger charge is 2.13. The van der Waals surface area contributed by atoms with Crippen LogP contribution in [0.5, 0.6) is 11.5 Å². The van der Waals surface area contributed by atoms with E-state index in [1.165, 1.54) is 11.9 Å². The van der Waals surface area contributed by atoms with E-state index in [1.807, 2.05) is 12.1 Å². The van der Waals surface area contributed by atoms with Crippen molar-refractivity contribution in [3.63, 3.8) is 0 Å². The predicted octanol–water partition coefficient (Wildman–Crippen LogP) is 4.55. The molecule has 0 aliphatic carbocycles. The number of benzene rings is 2. The molecule has 1 N–H and O–H groups in total. The van der Waals surface area contributed by atoms with Crippen LogP contribution in [0, 0.1) is 0 Å². The smallest absolute Gasteiger partial charge is 0.163 e. The summed E-state index contributed by atoms with van der Waals surface area (Å²) in [5.74, 6) is 2.42. The Hall–Kier alpha value is -2.90. The Balaban J connectivity index is 1.91. The average molecular weight is 412 g/mol. The summed E-state index contributed by atoms with van der Waals surface area (Å²) in [6, 6.07) is 12.1. The Bertz CT molecular complexity index is 945. The standard InChI is InChI=1S/C23H29N3O4/c1-16(2)17-5-7-18(8-6-17)26-23-19-13-21(29-11-9-27-3)22(30-12-10-28-4)14-20(19)24-15-25-23/h5-8,13-16H,9-12H2,1-4H3,(H,24,25,26). The lowest BCUT2D eigenvalue weighted by Crippen LogP contribution is -2.09. The molecule has 3 aromatic rings. The first-order valence-corrected chi connectivity index (χ1v) is 10.0. The minimum atomic E-state index is 0.412. The van der Waals surface area contributed by atoms with Crippen LogP contribution in [0.25, 0.3) is 10.9 Å². The maximum atomic E-state index is 5.89. The van der Waals surface area contributed by atoms with Crippen LogP contribution in [-0.4, -0.2) is 50.6 Å². The summed E-state index contributed by atoms with van der Waals surface area (Å²) < 4.78 is 21.9. The molecule has 0 aliphatic heterocycles. The first kappa shape index (κ1) is 21.8. The highest BCUT2D eigenvalue weighted by Crippen LogP contribution is 2.35. The summed E-state index contributed by atoms with van der Waals surface area (Å²) in [5, 5.41) is 4.23. The van der Waals surface area contributed by atoms with Gasteiger partial charge in [0, 0.05) is 31.4 Å². The lowest BCUT2D eigenvalue weighted by Gasteiger charge is -2.15. The number of nitrogens with zero attached hydrogens (tertiary/aromatic N) is 2. The summed E-state index contributed by atoms with van der Waals surface area (Å²) in [7, 11) is 3.28. The summed E-state index contributed by atoms with van der Waals surface area (Å²) in [5.41, 5.74) is 3.01. The van der Waals surface area contributed by atoms with Crippen molar-refractivity contribution in [2.24, 2.45) is 0 Å². The van der Waals surface area contributed by atoms with Crippen molar-refractivity contribution >= 4 is 22.4 Å². The van der Waals surface area contributed by atoms with Crippen LogP contribution in [-0.2, 0) is 9.47 Å². The van der Waals surface area contributed by atoms with Gasteiger partial charge in [0.05, 0.1) is 18.7 Å². The molecule has 3 rings (SSSR count). The Morgan fingerprint density at radius 2 is 1.47 bits per heavy atom. The molecular weight excluding hydrogens is 382 g/mol. The number of hydrogen-bond acceptors (Lipinski definition) is 7. The van der Waals surface area contributed by atoms with Crippen molar-refractivity contribution < 1.29 is 18.9 Å². The number of anilines is 2. The number of aromatic nitrogens is 2. The molecule has 1 heterocycles. The molecule has 0 radical (unpaired) electrons. The minimum Gasteiger partial charge on any atom is -0.487 e. The molecule has 0 unspecified atom stereocenters. The maximum absolute atomic E-state index is 5.89. The maximum Gasteiger partial charge on any atom is 0.163 e. The average Bonchev–Trinajstić information content (AvgIpc) is 2.75. The first-order chi connectivity index (χ1) is 14.6. The SMILES string of the molecule is COCCOc1cc2ncnc(Nc3ccc(C(C)C)cc3)c2cc1OCCOC. The van der Waals surface area contributed by atoms with Crippen molar-refractivity contribution in [2.75, 3.05) is 46.0 Å². The molecule has 7 heteroatoms. The number of hydrogen-bond donors (Lipinski definition) is 1. The second kappa shape index (κ2) is 10.8. The van der Waals surface area contributed by atoms with Gasteiger partial charge in [0.1, 0.15) is 25.4 Å². The monoisotopic (exact) mass is 411 g/mol. The van der Waals surface area contributed by atoms with Crippen LogP contribution in [0.2, 0.25) is 0 Å². The third-order valence-corrected chi connectivity index (χ3v) is 4.63. The van der Waals surface area contributed by atoms with Crippen LogP contribution in [0.1, 0.15) is 25.3 Å². The molecule has 0 bridgehead atoms. The van der Waals surface area contributed by atoms with E-state index in [1.54, 1.807) is 14.2 Å². The number of methoxy groups -OCH3 is 2. The van der Waals surface area contributed by atoms with Crippen molar-refractivity contribution in [3.05, 3.63) is 48.3 Å². The molecule has 7 nitrogen and oxygen atoms in total. The molecule has 0 fully saturated rings. The lowest BCUT2D eigenvalue weighted by atomic mass is 10.0. The molecule has 0 aliphatic rings. The van der Waals surface area contributed by atoms with Gasteiger partial charge in [-0.1, -0.05) is 26.0 Å². The van der Waals surface area contributed by atoms with Gasteiger partial charge in [0.15, 0.2) is 11.5 Å². The van der Waals surface area contributed by atoms with Crippen LogP contribution in [0.15, 0.2) is 42.7 Å². The van der Waals surface area contributed by atoms with E-state index in [0.717, 1.165) is 16.6 Å². The van der Waals surface area contributed by atoms with Gasteiger partial charge in [0.2, 0.25) is 0 Å². The molecule has 2 aromatic carbocycles. The van der Waals surface area contributed by atoms with Gasteiger partial charge in [-0.15, -0.1) is 0 Å². The third kappa shape index (κ3) is 5.58. The zero-order valence-electron chi connectivity index (χ0n) is 18.0. The summed E-state index contributed by atoms with van der Waals surface area (Å²) in [4.78, 5) is 8.84. The number of nitrogens with one attached hydrogen (secondary N) is 1. The molecule has 160 valence electrons. The van der Waals surface area contributed by atoms with E-state index in [4.69, 9.17) is 18.9 Å². The normalized spacial score (nSPS) is 11.1. The van der Waals surface area contributed by atoms with Crippen LogP contribution >= 0.6 is 0 Å². The minimum absolute atomic E-state index is 0.412. The van der Waals surface area contributed by atoms with E-state index in [-0.39, 0.29) is 0 Å². The molecule has 1 aromatic heterocycles. The zero-order valence-corrected chi connectivity index (χ0v) is 18.0. The Morgan fingerprint density at radius 1 is 0.833 bits per heavy atom. The quantitative estimate of drug-likeness (QED) is 0.464. The fourth-order valence-electron chi connectivity index (χ4n) is 2.95. The second-order valence-electron chi connectivity index (χ2n) is 7.12. The van der Waals surface area contributed by atoms with Gasteiger partial charge in [-0.3, -0.25) is 0 Å². The topological polar surface area (TPSA) is 74.7 Å². The largest absolute Gasteiger partial charge is 0.487 e. The van der Waals surface area contributed by atoms with E-state index < -0.39 is 0 Å². The van der Waals surface area contributed by atoms with Crippen molar-refractivity contribution in [3.8, 4) is 11.5 Å². The summed E-state index contributed by atoms with van der Waals surface area (Å²) >= 11 is 0. The van der Waals surface area contributed by atoms with Gasteiger partial charge in [-0.2, -0.15) is 0 Å². The summed E-state index contributed by atoms with van der Waals surface area (Å²) in [6.45, 7) is 6.15. The van der Waals surface area contributed by atoms with Crippen LogP contribution in [0.3, 0.4) is 0 Å². The molecule has 0 atom stereocenters. The van der Waals surface area contributed by atoms with Gasteiger partial charge in [-0.05, 0) is 29.7 Å². The molecular formula is C23H29N3O4. The number of fused-ring (bicyclic) bond motifs is 1. The lowest BCUT2D eigenvalue weighted by molar-refractivity contribution is 0.132. The fraction of sp³-hybridized carbons (Fsp3) is 0.391. The molecule has 0 saturated carbocycles. The number of rotatable bonds is 11. The highest BCUT2D eigenvalue weighted by atomic mass is 16.5. The van der Waals surface area contributed by atoms with Crippen LogP contribution in [0.4, 0.5) is 11.5 Å². The Labute approximate surface area is 177 Å². The number of ether oxygens (including phenoxy) is 4. The van der Waals surface area contributed by atoms with Gasteiger partial charge in [0.25, 0.3) is 0 Å². The molecule has 0 spiro atoms. The fourth-order valence-corrected chi connectivity index (χ4v) is 2.95. The summed E-state index contributed by atoms with van der Waals surface area (Å²) in [6.07, 6.45) is 1.54. The van der Waals surface area contributed by atoms with E-state index in [2.05, 4.69) is 53.4 Å². The predicted molar refractivity (Wildman–Crippen MR) is 118 cm³/mol. The Kier molecular flexibility index (Phi) is 7.82. The van der Waals surface area contributed by atoms with E-state index in [0.29, 0.717) is 49.7 Å².